The average molecular weight is 333 g/mol. The van der Waals surface area contributed by atoms with Gasteiger partial charge in [-0.3, -0.25) is 9.48 Å². The maximum Gasteiger partial charge on any atom is 0.342 e. The molecule has 3 heterocycles. The van der Waals surface area contributed by atoms with Gasteiger partial charge < -0.3 is 9.64 Å². The van der Waals surface area contributed by atoms with E-state index in [1.165, 1.54) is 11.1 Å². The highest BCUT2D eigenvalue weighted by atomic mass is 32.1. The summed E-state index contributed by atoms with van der Waals surface area (Å²) in [5.41, 5.74) is 1.12. The minimum atomic E-state index is -0.504. The number of carbonyl (C=O) groups is 2. The van der Waals surface area contributed by atoms with Crippen LogP contribution < -0.4 is 0 Å². The number of aryl methyl sites for hydroxylation is 1. The van der Waals surface area contributed by atoms with Crippen molar-refractivity contribution in [1.82, 2.24) is 14.7 Å². The highest BCUT2D eigenvalue weighted by molar-refractivity contribution is 7.10. The second-order valence-electron chi connectivity index (χ2n) is 5.60. The van der Waals surface area contributed by atoms with Gasteiger partial charge in [0.25, 0.3) is 5.91 Å². The van der Waals surface area contributed by atoms with Crippen LogP contribution in [0.15, 0.2) is 23.7 Å². The number of nitrogens with zero attached hydrogens (tertiary/aromatic N) is 3. The van der Waals surface area contributed by atoms with E-state index in [9.17, 15) is 9.59 Å². The van der Waals surface area contributed by atoms with E-state index in [0.717, 1.165) is 18.5 Å². The molecule has 7 heteroatoms. The number of likely N-dealkylation sites (tertiary alicyclic amines) is 1. The highest BCUT2D eigenvalue weighted by Gasteiger charge is 2.31. The number of hydrogen-bond donors (Lipinski definition) is 0. The largest absolute Gasteiger partial charge is 0.452 e. The van der Waals surface area contributed by atoms with Crippen molar-refractivity contribution in [2.45, 2.75) is 25.8 Å². The Balaban J connectivity index is 1.61. The van der Waals surface area contributed by atoms with Gasteiger partial charge in [-0.2, -0.15) is 5.10 Å². The van der Waals surface area contributed by atoms with Gasteiger partial charge in [0.05, 0.1) is 12.2 Å². The lowest BCUT2D eigenvalue weighted by atomic mass is 10.2. The highest BCUT2D eigenvalue weighted by Crippen LogP contribution is 2.34. The minimum Gasteiger partial charge on any atom is -0.452 e. The fourth-order valence-electron chi connectivity index (χ4n) is 2.83. The lowest BCUT2D eigenvalue weighted by molar-refractivity contribution is -0.135. The van der Waals surface area contributed by atoms with E-state index in [4.69, 9.17) is 4.74 Å². The molecule has 1 fully saturated rings. The molecule has 1 atom stereocenters. The summed E-state index contributed by atoms with van der Waals surface area (Å²) in [7, 11) is 1.76. The molecule has 1 amide bonds. The van der Waals surface area contributed by atoms with E-state index in [2.05, 4.69) is 5.10 Å². The molecular weight excluding hydrogens is 314 g/mol. The van der Waals surface area contributed by atoms with E-state index >= 15 is 0 Å². The molecule has 1 unspecified atom stereocenters. The van der Waals surface area contributed by atoms with E-state index in [1.54, 1.807) is 30.0 Å². The molecule has 2 aromatic heterocycles. The summed E-state index contributed by atoms with van der Waals surface area (Å²) in [5, 5.41) is 6.02. The van der Waals surface area contributed by atoms with E-state index in [0.29, 0.717) is 12.1 Å². The van der Waals surface area contributed by atoms with Crippen LogP contribution in [0.1, 0.15) is 39.8 Å². The molecule has 0 saturated carbocycles. The van der Waals surface area contributed by atoms with Gasteiger partial charge in [0.1, 0.15) is 5.56 Å². The Labute approximate surface area is 138 Å². The maximum atomic E-state index is 12.4. The van der Waals surface area contributed by atoms with Crippen molar-refractivity contribution < 1.29 is 14.3 Å². The Bertz CT molecular complexity index is 708. The Morgan fingerprint density at radius 2 is 2.30 bits per heavy atom. The summed E-state index contributed by atoms with van der Waals surface area (Å²) < 4.78 is 6.78. The summed E-state index contributed by atoms with van der Waals surface area (Å²) in [6.07, 6.45) is 3.40. The molecule has 0 N–H and O–H groups in total. The predicted molar refractivity (Wildman–Crippen MR) is 86.2 cm³/mol. The second-order valence-corrected chi connectivity index (χ2v) is 6.58. The number of carbonyl (C=O) groups excluding carboxylic acids is 2. The van der Waals surface area contributed by atoms with Crippen LogP contribution in [-0.4, -0.2) is 39.7 Å². The molecule has 0 radical (unpaired) electrons. The third-order valence-corrected chi connectivity index (χ3v) is 5.20. The first-order chi connectivity index (χ1) is 11.1. The molecule has 2 aromatic rings. The number of ether oxygens (including phenoxy) is 1. The first kappa shape index (κ1) is 15.7. The molecule has 1 aliphatic rings. The lowest BCUT2D eigenvalue weighted by Crippen LogP contribution is -2.34. The Hall–Kier alpha value is -2.15. The molecule has 23 heavy (non-hydrogen) atoms. The first-order valence-corrected chi connectivity index (χ1v) is 8.44. The number of esters is 1. The zero-order valence-corrected chi connectivity index (χ0v) is 14.0. The predicted octanol–water partition coefficient (Wildman–Crippen LogP) is 2.31. The zero-order valence-electron chi connectivity index (χ0n) is 13.2. The quantitative estimate of drug-likeness (QED) is 0.806. The zero-order chi connectivity index (χ0) is 16.4. The van der Waals surface area contributed by atoms with Crippen molar-refractivity contribution in [1.29, 1.82) is 0 Å². The topological polar surface area (TPSA) is 64.4 Å². The summed E-state index contributed by atoms with van der Waals surface area (Å²) >= 11 is 1.65. The van der Waals surface area contributed by atoms with Crippen molar-refractivity contribution in [2.75, 3.05) is 13.2 Å². The third kappa shape index (κ3) is 3.14. The summed E-state index contributed by atoms with van der Waals surface area (Å²) in [6.45, 7) is 2.28. The Morgan fingerprint density at radius 3 is 2.96 bits per heavy atom. The molecular formula is C16H19N3O3S. The molecule has 1 saturated heterocycles. The number of thiophene rings is 1. The molecule has 122 valence electrons. The molecule has 0 bridgehead atoms. The van der Waals surface area contributed by atoms with Crippen LogP contribution >= 0.6 is 11.3 Å². The lowest BCUT2D eigenvalue weighted by Gasteiger charge is -2.23. The van der Waals surface area contributed by atoms with Gasteiger partial charge in [-0.25, -0.2) is 4.79 Å². The van der Waals surface area contributed by atoms with Gasteiger partial charge in [0.2, 0.25) is 0 Å². The van der Waals surface area contributed by atoms with E-state index in [-0.39, 0.29) is 18.6 Å². The van der Waals surface area contributed by atoms with Crippen LogP contribution in [0.25, 0.3) is 0 Å². The monoisotopic (exact) mass is 333 g/mol. The third-order valence-electron chi connectivity index (χ3n) is 4.23. The van der Waals surface area contributed by atoms with E-state index < -0.39 is 5.97 Å². The molecule has 0 aromatic carbocycles. The van der Waals surface area contributed by atoms with Gasteiger partial charge in [-0.1, -0.05) is 6.07 Å². The number of aromatic nitrogens is 2. The first-order valence-electron chi connectivity index (χ1n) is 7.56. The van der Waals surface area contributed by atoms with Gasteiger partial charge >= 0.3 is 5.97 Å². The summed E-state index contributed by atoms with van der Waals surface area (Å²) in [6, 6.07) is 4.15. The molecule has 0 spiro atoms. The van der Waals surface area contributed by atoms with Crippen LogP contribution in [0.5, 0.6) is 0 Å². The van der Waals surface area contributed by atoms with Crippen molar-refractivity contribution in [3.05, 3.63) is 39.8 Å². The van der Waals surface area contributed by atoms with Gasteiger partial charge in [-0.15, -0.1) is 11.3 Å². The van der Waals surface area contributed by atoms with Crippen LogP contribution in [0.3, 0.4) is 0 Å². The summed E-state index contributed by atoms with van der Waals surface area (Å²) in [4.78, 5) is 27.5. The maximum absolute atomic E-state index is 12.4. The van der Waals surface area contributed by atoms with E-state index in [1.807, 2.05) is 22.4 Å². The molecule has 0 aliphatic carbocycles. The van der Waals surface area contributed by atoms with Crippen LogP contribution in [0.2, 0.25) is 0 Å². The van der Waals surface area contributed by atoms with Gasteiger partial charge in [0.15, 0.2) is 6.61 Å². The molecule has 3 rings (SSSR count). The van der Waals surface area contributed by atoms with Crippen molar-refractivity contribution in [3.8, 4) is 0 Å². The second kappa shape index (κ2) is 6.54. The Kier molecular flexibility index (Phi) is 4.47. The molecule has 6 nitrogen and oxygen atoms in total. The van der Waals surface area contributed by atoms with Crippen molar-refractivity contribution >= 4 is 23.2 Å². The van der Waals surface area contributed by atoms with Crippen LogP contribution in [0, 0.1) is 6.92 Å². The van der Waals surface area contributed by atoms with Crippen molar-refractivity contribution in [3.63, 3.8) is 0 Å². The average Bonchev–Trinajstić information content (AvgIpc) is 3.26. The normalized spacial score (nSPS) is 17.5. The SMILES string of the molecule is Cc1c(C(=O)OCC(=O)N2CCCC2c2cccs2)cnn1C. The fraction of sp³-hybridized carbons (Fsp3) is 0.438. The number of amides is 1. The smallest absolute Gasteiger partial charge is 0.342 e. The van der Waals surface area contributed by atoms with Crippen LogP contribution in [0.4, 0.5) is 0 Å². The fourth-order valence-corrected chi connectivity index (χ4v) is 3.70. The molecule has 1 aliphatic heterocycles. The van der Waals surface area contributed by atoms with Gasteiger partial charge in [-0.05, 0) is 31.2 Å². The minimum absolute atomic E-state index is 0.112. The number of hydrogen-bond acceptors (Lipinski definition) is 5. The van der Waals surface area contributed by atoms with Gasteiger partial charge in [0, 0.05) is 24.2 Å². The summed E-state index contributed by atoms with van der Waals surface area (Å²) in [5.74, 6) is -0.647. The standard InChI is InChI=1S/C16H19N3O3S/c1-11-12(9-17-18(11)2)16(21)22-10-15(20)19-7-3-5-13(19)14-6-4-8-23-14/h4,6,8-9,13H,3,5,7,10H2,1-2H3. The number of rotatable bonds is 4. The van der Waals surface area contributed by atoms with Crippen LogP contribution in [-0.2, 0) is 16.6 Å². The Morgan fingerprint density at radius 1 is 1.48 bits per heavy atom. The van der Waals surface area contributed by atoms with Crippen molar-refractivity contribution in [2.24, 2.45) is 7.05 Å².